The fraction of sp³-hybridized carbons (Fsp3) is 0.273. The second-order valence-electron chi connectivity index (χ2n) is 3.91. The number of hydrogen-bond acceptors (Lipinski definition) is 2. The van der Waals surface area contributed by atoms with E-state index in [9.17, 15) is 4.39 Å². The Kier molecular flexibility index (Phi) is 3.49. The predicted molar refractivity (Wildman–Crippen MR) is 68.1 cm³/mol. The second kappa shape index (κ2) is 4.74. The molecule has 0 amide bonds. The molecule has 2 aromatic rings. The maximum atomic E-state index is 13.9. The van der Waals surface area contributed by atoms with Crippen LogP contribution in [0.15, 0.2) is 22.7 Å². The van der Waals surface area contributed by atoms with E-state index >= 15 is 0 Å². The molecule has 0 saturated carbocycles. The van der Waals surface area contributed by atoms with Gasteiger partial charge in [0.25, 0.3) is 0 Å². The standard InChI is InChI=1S/C11H10BrClFN3/c1-6(2)10-15-16-11(13)17(10)9-4-3-7(12)5-8(9)14/h3-6H,1-2H3. The van der Waals surface area contributed by atoms with E-state index in [-0.39, 0.29) is 17.0 Å². The fourth-order valence-electron chi connectivity index (χ4n) is 1.54. The van der Waals surface area contributed by atoms with Crippen LogP contribution in [-0.2, 0) is 0 Å². The van der Waals surface area contributed by atoms with Gasteiger partial charge in [-0.25, -0.2) is 4.39 Å². The summed E-state index contributed by atoms with van der Waals surface area (Å²) in [5.41, 5.74) is 0.354. The second-order valence-corrected chi connectivity index (χ2v) is 5.17. The van der Waals surface area contributed by atoms with Gasteiger partial charge in [-0.05, 0) is 29.8 Å². The highest BCUT2D eigenvalue weighted by Crippen LogP contribution is 2.25. The number of halogens is 3. The molecule has 0 N–H and O–H groups in total. The lowest BCUT2D eigenvalue weighted by atomic mass is 10.2. The van der Waals surface area contributed by atoms with Gasteiger partial charge < -0.3 is 0 Å². The molecule has 0 aliphatic rings. The molecule has 2 rings (SSSR count). The van der Waals surface area contributed by atoms with Gasteiger partial charge in [-0.2, -0.15) is 0 Å². The molecule has 0 aliphatic heterocycles. The van der Waals surface area contributed by atoms with Crippen LogP contribution in [0.25, 0.3) is 5.69 Å². The monoisotopic (exact) mass is 317 g/mol. The smallest absolute Gasteiger partial charge is 0.229 e. The molecular weight excluding hydrogens is 308 g/mol. The van der Waals surface area contributed by atoms with Crippen molar-refractivity contribution < 1.29 is 4.39 Å². The summed E-state index contributed by atoms with van der Waals surface area (Å²) in [6.07, 6.45) is 0. The van der Waals surface area contributed by atoms with E-state index in [4.69, 9.17) is 11.6 Å². The van der Waals surface area contributed by atoms with Crippen molar-refractivity contribution in [3.63, 3.8) is 0 Å². The first-order chi connectivity index (χ1) is 8.00. The van der Waals surface area contributed by atoms with Crippen LogP contribution in [-0.4, -0.2) is 14.8 Å². The summed E-state index contributed by atoms with van der Waals surface area (Å²) < 4.78 is 16.1. The van der Waals surface area contributed by atoms with E-state index in [1.807, 2.05) is 13.8 Å². The SMILES string of the molecule is CC(C)c1nnc(Cl)n1-c1ccc(Br)cc1F. The summed E-state index contributed by atoms with van der Waals surface area (Å²) in [6.45, 7) is 3.90. The Morgan fingerprint density at radius 3 is 2.65 bits per heavy atom. The molecule has 1 aromatic heterocycles. The molecule has 17 heavy (non-hydrogen) atoms. The van der Waals surface area contributed by atoms with Crippen molar-refractivity contribution in [1.29, 1.82) is 0 Å². The van der Waals surface area contributed by atoms with E-state index < -0.39 is 0 Å². The minimum absolute atomic E-state index is 0.109. The third-order valence-corrected chi connectivity index (χ3v) is 3.05. The van der Waals surface area contributed by atoms with Crippen LogP contribution in [0.5, 0.6) is 0 Å². The highest BCUT2D eigenvalue weighted by molar-refractivity contribution is 9.10. The zero-order valence-corrected chi connectivity index (χ0v) is 11.6. The molecule has 0 fully saturated rings. The Morgan fingerprint density at radius 2 is 2.06 bits per heavy atom. The first kappa shape index (κ1) is 12.5. The maximum absolute atomic E-state index is 13.9. The van der Waals surface area contributed by atoms with Crippen molar-refractivity contribution in [1.82, 2.24) is 14.8 Å². The number of rotatable bonds is 2. The fourth-order valence-corrected chi connectivity index (χ4v) is 2.08. The van der Waals surface area contributed by atoms with Crippen molar-refractivity contribution in [3.05, 3.63) is 39.6 Å². The van der Waals surface area contributed by atoms with Crippen LogP contribution >= 0.6 is 27.5 Å². The lowest BCUT2D eigenvalue weighted by molar-refractivity contribution is 0.611. The Morgan fingerprint density at radius 1 is 1.35 bits per heavy atom. The van der Waals surface area contributed by atoms with E-state index in [2.05, 4.69) is 26.1 Å². The Bertz CT molecular complexity index is 554. The first-order valence-corrected chi connectivity index (χ1v) is 6.24. The Balaban J connectivity index is 2.63. The minimum Gasteiger partial charge on any atom is -0.267 e. The van der Waals surface area contributed by atoms with E-state index in [0.717, 1.165) is 0 Å². The first-order valence-electron chi connectivity index (χ1n) is 5.07. The molecule has 0 spiro atoms. The van der Waals surface area contributed by atoms with Gasteiger partial charge in [0.2, 0.25) is 5.28 Å². The van der Waals surface area contributed by atoms with Gasteiger partial charge in [-0.15, -0.1) is 10.2 Å². The van der Waals surface area contributed by atoms with Crippen LogP contribution in [0, 0.1) is 5.82 Å². The van der Waals surface area contributed by atoms with Gasteiger partial charge in [0, 0.05) is 10.4 Å². The van der Waals surface area contributed by atoms with Gasteiger partial charge in [-0.1, -0.05) is 29.8 Å². The summed E-state index contributed by atoms with van der Waals surface area (Å²) in [7, 11) is 0. The largest absolute Gasteiger partial charge is 0.267 e. The maximum Gasteiger partial charge on any atom is 0.229 e. The van der Waals surface area contributed by atoms with Gasteiger partial charge >= 0.3 is 0 Å². The normalized spacial score (nSPS) is 11.2. The van der Waals surface area contributed by atoms with Crippen molar-refractivity contribution in [2.45, 2.75) is 19.8 Å². The number of benzene rings is 1. The predicted octanol–water partition coefficient (Wildman–Crippen LogP) is 3.95. The third-order valence-electron chi connectivity index (χ3n) is 2.32. The zero-order valence-electron chi connectivity index (χ0n) is 9.28. The number of aromatic nitrogens is 3. The average Bonchev–Trinajstić information content (AvgIpc) is 2.60. The molecule has 1 heterocycles. The Hall–Kier alpha value is -0.940. The van der Waals surface area contributed by atoms with Crippen molar-refractivity contribution >= 4 is 27.5 Å². The zero-order chi connectivity index (χ0) is 12.6. The van der Waals surface area contributed by atoms with Gasteiger partial charge in [0.05, 0.1) is 5.69 Å². The van der Waals surface area contributed by atoms with E-state index in [0.29, 0.717) is 16.0 Å². The summed E-state index contributed by atoms with van der Waals surface area (Å²) in [4.78, 5) is 0. The Labute approximate surface area is 112 Å². The molecule has 0 unspecified atom stereocenters. The van der Waals surface area contributed by atoms with Crippen molar-refractivity contribution in [2.24, 2.45) is 0 Å². The molecular formula is C11H10BrClFN3. The van der Waals surface area contributed by atoms with Crippen LogP contribution in [0.1, 0.15) is 25.6 Å². The molecule has 0 radical (unpaired) electrons. The van der Waals surface area contributed by atoms with Gasteiger partial charge in [0.15, 0.2) is 0 Å². The van der Waals surface area contributed by atoms with Crippen LogP contribution in [0.4, 0.5) is 4.39 Å². The molecule has 90 valence electrons. The van der Waals surface area contributed by atoms with Crippen molar-refractivity contribution in [3.8, 4) is 5.69 Å². The van der Waals surface area contributed by atoms with E-state index in [1.165, 1.54) is 10.6 Å². The lowest BCUT2D eigenvalue weighted by Gasteiger charge is -2.10. The average molecular weight is 319 g/mol. The molecule has 0 aliphatic carbocycles. The quantitative estimate of drug-likeness (QED) is 0.839. The number of nitrogens with zero attached hydrogens (tertiary/aromatic N) is 3. The summed E-state index contributed by atoms with van der Waals surface area (Å²) in [5, 5.41) is 7.90. The van der Waals surface area contributed by atoms with Gasteiger partial charge in [-0.3, -0.25) is 4.57 Å². The molecule has 0 bridgehead atoms. The van der Waals surface area contributed by atoms with Gasteiger partial charge in [0.1, 0.15) is 11.6 Å². The molecule has 0 saturated heterocycles. The van der Waals surface area contributed by atoms with Crippen LogP contribution in [0.3, 0.4) is 0 Å². The number of hydrogen-bond donors (Lipinski definition) is 0. The molecule has 3 nitrogen and oxygen atoms in total. The van der Waals surface area contributed by atoms with E-state index in [1.54, 1.807) is 12.1 Å². The topological polar surface area (TPSA) is 30.7 Å². The highest BCUT2D eigenvalue weighted by Gasteiger charge is 2.17. The third kappa shape index (κ3) is 2.35. The molecule has 6 heteroatoms. The molecule has 1 aromatic carbocycles. The molecule has 0 atom stereocenters. The lowest BCUT2D eigenvalue weighted by Crippen LogP contribution is -2.05. The van der Waals surface area contributed by atoms with Crippen LogP contribution in [0.2, 0.25) is 5.28 Å². The highest BCUT2D eigenvalue weighted by atomic mass is 79.9. The summed E-state index contributed by atoms with van der Waals surface area (Å²) >= 11 is 9.16. The van der Waals surface area contributed by atoms with Crippen molar-refractivity contribution in [2.75, 3.05) is 0 Å². The summed E-state index contributed by atoms with van der Waals surface area (Å²) in [5.74, 6) is 0.372. The van der Waals surface area contributed by atoms with Crippen LogP contribution < -0.4 is 0 Å². The summed E-state index contributed by atoms with van der Waals surface area (Å²) in [6, 6.07) is 4.77. The minimum atomic E-state index is -0.372.